The Morgan fingerprint density at radius 2 is 1.89 bits per heavy atom. The molecule has 1 aromatic carbocycles. The van der Waals surface area contributed by atoms with Crippen molar-refractivity contribution in [3.63, 3.8) is 0 Å². The number of aromatic nitrogens is 3. The number of nitrogens with zero attached hydrogens (tertiary/aromatic N) is 5. The molecule has 0 aliphatic carbocycles. The number of piperazine rings is 1. The molecule has 0 spiro atoms. The molecule has 28 heavy (non-hydrogen) atoms. The Morgan fingerprint density at radius 1 is 1.11 bits per heavy atom. The van der Waals surface area contributed by atoms with Gasteiger partial charge in [0.15, 0.2) is 0 Å². The molecule has 1 aliphatic heterocycles. The van der Waals surface area contributed by atoms with Gasteiger partial charge in [0.25, 0.3) is 0 Å². The molecule has 0 bridgehead atoms. The third-order valence-corrected chi connectivity index (χ3v) is 5.70. The minimum Gasteiger partial charge on any atom is -0.339 e. The van der Waals surface area contributed by atoms with Gasteiger partial charge < -0.3 is 15.5 Å². The van der Waals surface area contributed by atoms with E-state index in [1.54, 1.807) is 29.8 Å². The summed E-state index contributed by atoms with van der Waals surface area (Å²) in [6.45, 7) is 3.33. The number of hydrogen-bond acceptors (Lipinski definition) is 7. The molecule has 144 valence electrons. The third kappa shape index (κ3) is 4.18. The monoisotopic (exact) mass is 394 g/mol. The molecule has 7 nitrogen and oxygen atoms in total. The van der Waals surface area contributed by atoms with Crippen molar-refractivity contribution in [1.29, 1.82) is 0 Å². The van der Waals surface area contributed by atoms with Gasteiger partial charge in [0.2, 0.25) is 11.9 Å². The molecule has 0 unspecified atom stereocenters. The summed E-state index contributed by atoms with van der Waals surface area (Å²) in [6, 6.07) is 9.86. The average Bonchev–Trinajstić information content (AvgIpc) is 3.23. The highest BCUT2D eigenvalue weighted by Gasteiger charge is 2.23. The normalized spacial score (nSPS) is 14.3. The van der Waals surface area contributed by atoms with Gasteiger partial charge in [0, 0.05) is 56.1 Å². The van der Waals surface area contributed by atoms with Crippen molar-refractivity contribution in [3.05, 3.63) is 59.4 Å². The first-order chi connectivity index (χ1) is 13.7. The number of carbonyl (C=O) groups excluding carboxylic acids is 1. The number of anilines is 1. The van der Waals surface area contributed by atoms with Gasteiger partial charge >= 0.3 is 0 Å². The van der Waals surface area contributed by atoms with E-state index in [2.05, 4.69) is 25.9 Å². The summed E-state index contributed by atoms with van der Waals surface area (Å²) in [5, 5.41) is 2.89. The highest BCUT2D eigenvalue weighted by Crippen LogP contribution is 2.25. The van der Waals surface area contributed by atoms with Gasteiger partial charge in [0.1, 0.15) is 5.01 Å². The predicted octanol–water partition coefficient (Wildman–Crippen LogP) is 1.95. The lowest BCUT2D eigenvalue weighted by Gasteiger charge is -2.34. The van der Waals surface area contributed by atoms with Crippen molar-refractivity contribution in [1.82, 2.24) is 19.9 Å². The van der Waals surface area contributed by atoms with E-state index in [1.165, 1.54) is 0 Å². The van der Waals surface area contributed by atoms with Crippen molar-refractivity contribution in [2.24, 2.45) is 5.73 Å². The van der Waals surface area contributed by atoms with Crippen LogP contribution in [0.4, 0.5) is 5.95 Å². The van der Waals surface area contributed by atoms with Crippen LogP contribution >= 0.6 is 11.3 Å². The molecule has 1 fully saturated rings. The maximum atomic E-state index is 12.7. The standard InChI is InChI=1S/C20H22N6OS/c21-13-15-3-1-4-16(11-15)19-24-17(14-28-19)12-18(27)25-7-9-26(10-8-25)20-22-5-2-6-23-20/h1-6,11,14H,7-10,12-13,21H2. The number of rotatable bonds is 5. The van der Waals surface area contributed by atoms with Crippen molar-refractivity contribution in [2.45, 2.75) is 13.0 Å². The summed E-state index contributed by atoms with van der Waals surface area (Å²) in [6.07, 6.45) is 3.81. The third-order valence-electron chi connectivity index (χ3n) is 4.76. The van der Waals surface area contributed by atoms with Crippen molar-refractivity contribution in [3.8, 4) is 10.6 Å². The smallest absolute Gasteiger partial charge is 0.228 e. The predicted molar refractivity (Wildman–Crippen MR) is 110 cm³/mol. The Hall–Kier alpha value is -2.84. The highest BCUT2D eigenvalue weighted by atomic mass is 32.1. The summed E-state index contributed by atoms with van der Waals surface area (Å²) in [7, 11) is 0. The van der Waals surface area contributed by atoms with Gasteiger partial charge in [-0.25, -0.2) is 15.0 Å². The van der Waals surface area contributed by atoms with Crippen LogP contribution in [0, 0.1) is 0 Å². The van der Waals surface area contributed by atoms with Crippen LogP contribution in [0.15, 0.2) is 48.1 Å². The van der Waals surface area contributed by atoms with E-state index in [-0.39, 0.29) is 5.91 Å². The molecule has 0 radical (unpaired) electrons. The largest absolute Gasteiger partial charge is 0.339 e. The lowest BCUT2D eigenvalue weighted by molar-refractivity contribution is -0.130. The first kappa shape index (κ1) is 18.5. The molecule has 1 amide bonds. The molecule has 4 rings (SSSR count). The van der Waals surface area contributed by atoms with E-state index < -0.39 is 0 Å². The maximum absolute atomic E-state index is 12.7. The first-order valence-electron chi connectivity index (χ1n) is 9.26. The fraction of sp³-hybridized carbons (Fsp3) is 0.300. The van der Waals surface area contributed by atoms with Crippen LogP contribution < -0.4 is 10.6 Å². The van der Waals surface area contributed by atoms with Gasteiger partial charge in [0.05, 0.1) is 12.1 Å². The molecule has 0 atom stereocenters. The number of nitrogens with two attached hydrogens (primary N) is 1. The van der Waals surface area contributed by atoms with E-state index in [9.17, 15) is 4.79 Å². The zero-order valence-electron chi connectivity index (χ0n) is 15.5. The van der Waals surface area contributed by atoms with Gasteiger partial charge in [-0.05, 0) is 17.7 Å². The lowest BCUT2D eigenvalue weighted by atomic mass is 10.1. The summed E-state index contributed by atoms with van der Waals surface area (Å²) in [5.74, 6) is 0.833. The van der Waals surface area contributed by atoms with E-state index in [4.69, 9.17) is 5.73 Å². The molecule has 8 heteroatoms. The molecule has 1 aliphatic rings. The fourth-order valence-electron chi connectivity index (χ4n) is 3.23. The number of thiazole rings is 1. The maximum Gasteiger partial charge on any atom is 0.228 e. The average molecular weight is 395 g/mol. The van der Waals surface area contributed by atoms with Crippen molar-refractivity contribution in [2.75, 3.05) is 31.1 Å². The van der Waals surface area contributed by atoms with E-state index in [0.717, 1.165) is 40.9 Å². The SMILES string of the molecule is NCc1cccc(-c2nc(CC(=O)N3CCN(c4ncccn4)CC3)cs2)c1. The van der Waals surface area contributed by atoms with Crippen molar-refractivity contribution >= 4 is 23.2 Å². The Balaban J connectivity index is 1.35. The molecule has 2 N–H and O–H groups in total. The van der Waals surface area contributed by atoms with Crippen LogP contribution in [0.2, 0.25) is 0 Å². The van der Waals surface area contributed by atoms with Crippen LogP contribution in [0.25, 0.3) is 10.6 Å². The molecule has 1 saturated heterocycles. The quantitative estimate of drug-likeness (QED) is 0.712. The van der Waals surface area contributed by atoms with Crippen LogP contribution in [0.5, 0.6) is 0 Å². The van der Waals surface area contributed by atoms with E-state index in [1.807, 2.05) is 28.5 Å². The van der Waals surface area contributed by atoms with Crippen molar-refractivity contribution < 1.29 is 4.79 Å². The van der Waals surface area contributed by atoms with Crippen LogP contribution in [0.3, 0.4) is 0 Å². The van der Waals surface area contributed by atoms with E-state index in [0.29, 0.717) is 26.1 Å². The number of hydrogen-bond donors (Lipinski definition) is 1. The topological polar surface area (TPSA) is 88.2 Å². The van der Waals surface area contributed by atoms with E-state index >= 15 is 0 Å². The second-order valence-electron chi connectivity index (χ2n) is 6.64. The summed E-state index contributed by atoms with van der Waals surface area (Å²) in [4.78, 5) is 29.9. The molecule has 2 aromatic heterocycles. The number of amides is 1. The minimum atomic E-state index is 0.112. The van der Waals surface area contributed by atoms with Gasteiger partial charge in [-0.15, -0.1) is 11.3 Å². The molecular weight excluding hydrogens is 372 g/mol. The number of carbonyl (C=O) groups is 1. The Labute approximate surface area is 167 Å². The minimum absolute atomic E-state index is 0.112. The fourth-order valence-corrected chi connectivity index (χ4v) is 4.05. The second kappa shape index (κ2) is 8.45. The zero-order chi connectivity index (χ0) is 19.3. The van der Waals surface area contributed by atoms with Crippen LogP contribution in [-0.2, 0) is 17.8 Å². The highest BCUT2D eigenvalue weighted by molar-refractivity contribution is 7.13. The molecule has 3 aromatic rings. The Kier molecular flexibility index (Phi) is 5.59. The van der Waals surface area contributed by atoms with Gasteiger partial charge in [-0.1, -0.05) is 18.2 Å². The summed E-state index contributed by atoms with van der Waals surface area (Å²) < 4.78 is 0. The van der Waals surface area contributed by atoms with Gasteiger partial charge in [-0.2, -0.15) is 0 Å². The van der Waals surface area contributed by atoms with Crippen LogP contribution in [-0.4, -0.2) is 51.9 Å². The molecule has 3 heterocycles. The first-order valence-corrected chi connectivity index (χ1v) is 10.1. The molecule has 0 saturated carbocycles. The van der Waals surface area contributed by atoms with Crippen LogP contribution in [0.1, 0.15) is 11.3 Å². The summed E-state index contributed by atoms with van der Waals surface area (Å²) in [5.41, 5.74) is 8.65. The number of benzene rings is 1. The molecular formula is C20H22N6OS. The Morgan fingerprint density at radius 3 is 2.64 bits per heavy atom. The Bertz CT molecular complexity index is 937. The summed E-state index contributed by atoms with van der Waals surface area (Å²) >= 11 is 1.56. The van der Waals surface area contributed by atoms with Gasteiger partial charge in [-0.3, -0.25) is 4.79 Å². The lowest BCUT2D eigenvalue weighted by Crippen LogP contribution is -2.49. The zero-order valence-corrected chi connectivity index (χ0v) is 16.3. The second-order valence-corrected chi connectivity index (χ2v) is 7.50.